The number of thioether (sulfide) groups is 1. The molecule has 0 aromatic heterocycles. The van der Waals surface area contributed by atoms with Gasteiger partial charge in [0.15, 0.2) is 17.2 Å². The van der Waals surface area contributed by atoms with Crippen LogP contribution in [-0.2, 0) is 10.5 Å². The Morgan fingerprint density at radius 2 is 1.90 bits per heavy atom. The summed E-state index contributed by atoms with van der Waals surface area (Å²) in [6.07, 6.45) is 0.0198. The average Bonchev–Trinajstić information content (AvgIpc) is 3.12. The number of methoxy groups -OCH3 is 2. The van der Waals surface area contributed by atoms with Crippen molar-refractivity contribution < 1.29 is 23.8 Å². The number of aliphatic hydroxyl groups is 1. The van der Waals surface area contributed by atoms with E-state index in [0.717, 1.165) is 5.56 Å². The Balaban J connectivity index is 1.78. The Morgan fingerprint density at radius 3 is 2.53 bits per heavy atom. The van der Waals surface area contributed by atoms with Crippen LogP contribution in [-0.4, -0.2) is 35.9 Å². The molecule has 2 aliphatic heterocycles. The van der Waals surface area contributed by atoms with E-state index in [-0.39, 0.29) is 18.1 Å². The van der Waals surface area contributed by atoms with E-state index in [1.54, 1.807) is 18.2 Å². The van der Waals surface area contributed by atoms with Gasteiger partial charge in [0.2, 0.25) is 5.91 Å². The Kier molecular flexibility index (Phi) is 5.18. The van der Waals surface area contributed by atoms with Gasteiger partial charge in [-0.1, -0.05) is 18.2 Å². The maximum absolute atomic E-state index is 13.3. The number of ether oxygens (including phenoxy) is 2. The minimum absolute atomic E-state index is 0.0198. The molecule has 30 heavy (non-hydrogen) atoms. The van der Waals surface area contributed by atoms with Crippen LogP contribution in [0.25, 0.3) is 0 Å². The largest absolute Gasteiger partial charge is 0.493 e. The fraction of sp³-hybridized carbons (Fsp3) is 0.273. The summed E-state index contributed by atoms with van der Waals surface area (Å²) in [7, 11) is 3.06. The van der Waals surface area contributed by atoms with Crippen molar-refractivity contribution in [3.8, 4) is 17.6 Å². The topological polar surface area (TPSA) is 82.8 Å². The molecular formula is C22H19FN2O4S. The molecule has 8 heteroatoms. The summed E-state index contributed by atoms with van der Waals surface area (Å²) in [5.41, 5.74) is -0.0656. The first-order valence-electron chi connectivity index (χ1n) is 9.23. The lowest BCUT2D eigenvalue weighted by Gasteiger charge is -2.38. The number of hydrogen-bond donors (Lipinski definition) is 1. The maximum Gasteiger partial charge on any atom is 0.231 e. The smallest absolute Gasteiger partial charge is 0.231 e. The second-order valence-electron chi connectivity index (χ2n) is 7.04. The van der Waals surface area contributed by atoms with Crippen LogP contribution in [0.1, 0.15) is 23.5 Å². The van der Waals surface area contributed by atoms with Gasteiger partial charge in [0, 0.05) is 17.9 Å². The van der Waals surface area contributed by atoms with Gasteiger partial charge < -0.3 is 14.6 Å². The first-order valence-corrected chi connectivity index (χ1v) is 10.2. The molecule has 0 radical (unpaired) electrons. The monoisotopic (exact) mass is 426 g/mol. The number of carbonyl (C=O) groups is 1. The van der Waals surface area contributed by atoms with E-state index in [4.69, 9.17) is 9.47 Å². The summed E-state index contributed by atoms with van der Waals surface area (Å²) < 4.78 is 24.0. The third kappa shape index (κ3) is 3.11. The van der Waals surface area contributed by atoms with E-state index in [2.05, 4.69) is 6.07 Å². The average molecular weight is 426 g/mol. The molecule has 2 heterocycles. The quantitative estimate of drug-likeness (QED) is 0.806. The van der Waals surface area contributed by atoms with E-state index in [1.807, 2.05) is 0 Å². The zero-order valence-corrected chi connectivity index (χ0v) is 17.2. The molecule has 0 bridgehead atoms. The lowest BCUT2D eigenvalue weighted by Crippen LogP contribution is -2.48. The first kappa shape index (κ1) is 20.3. The molecule has 2 aromatic rings. The standard InChI is InChI=1S/C22H19FN2O4S/c1-28-18-8-3-13(9-19(18)29-2)16-10-20(26)25-21(17(16)11-24)30-12-22(25,27)14-4-6-15(23)7-5-14/h3-9,16,27H,10,12H2,1-2H3. The second kappa shape index (κ2) is 7.67. The molecule has 1 N–H and O–H groups in total. The molecule has 4 rings (SSSR count). The van der Waals surface area contributed by atoms with E-state index in [0.29, 0.717) is 27.7 Å². The number of nitriles is 1. The number of halogens is 1. The van der Waals surface area contributed by atoms with Crippen LogP contribution < -0.4 is 9.47 Å². The second-order valence-corrected chi connectivity index (χ2v) is 8.01. The third-order valence-electron chi connectivity index (χ3n) is 5.43. The van der Waals surface area contributed by atoms with Crippen LogP contribution >= 0.6 is 11.8 Å². The maximum atomic E-state index is 13.3. The van der Waals surface area contributed by atoms with Gasteiger partial charge in [0.05, 0.1) is 36.6 Å². The van der Waals surface area contributed by atoms with Gasteiger partial charge in [0.1, 0.15) is 5.82 Å². The summed E-state index contributed by atoms with van der Waals surface area (Å²) in [5, 5.41) is 21.7. The Bertz CT molecular complexity index is 1080. The summed E-state index contributed by atoms with van der Waals surface area (Å²) in [6, 6.07) is 12.9. The fourth-order valence-electron chi connectivity index (χ4n) is 3.91. The number of benzene rings is 2. The third-order valence-corrected chi connectivity index (χ3v) is 6.65. The van der Waals surface area contributed by atoms with Gasteiger partial charge in [-0.2, -0.15) is 5.26 Å². The van der Waals surface area contributed by atoms with Crippen LogP contribution in [0.15, 0.2) is 53.1 Å². The predicted molar refractivity (Wildman–Crippen MR) is 109 cm³/mol. The molecule has 0 saturated carbocycles. The molecule has 1 saturated heterocycles. The highest BCUT2D eigenvalue weighted by Crippen LogP contribution is 2.52. The van der Waals surface area contributed by atoms with Crippen molar-refractivity contribution in [2.24, 2.45) is 0 Å². The van der Waals surface area contributed by atoms with Crippen LogP contribution in [0.3, 0.4) is 0 Å². The molecule has 6 nitrogen and oxygen atoms in total. The highest BCUT2D eigenvalue weighted by atomic mass is 32.2. The molecule has 1 amide bonds. The van der Waals surface area contributed by atoms with Gasteiger partial charge in [0.25, 0.3) is 0 Å². The summed E-state index contributed by atoms with van der Waals surface area (Å²) in [4.78, 5) is 14.4. The van der Waals surface area contributed by atoms with Gasteiger partial charge in [-0.05, 0) is 29.8 Å². The number of amides is 1. The van der Waals surface area contributed by atoms with Crippen LogP contribution in [0.2, 0.25) is 0 Å². The molecule has 2 aliphatic rings. The first-order chi connectivity index (χ1) is 14.4. The zero-order valence-electron chi connectivity index (χ0n) is 16.4. The number of allylic oxidation sites excluding steroid dienone is 1. The zero-order chi connectivity index (χ0) is 21.5. The fourth-order valence-corrected chi connectivity index (χ4v) is 5.27. The van der Waals surface area contributed by atoms with Crippen LogP contribution in [0, 0.1) is 17.1 Å². The summed E-state index contributed by atoms with van der Waals surface area (Å²) in [5.74, 6) is 0.0205. The van der Waals surface area contributed by atoms with E-state index in [1.165, 1.54) is 55.1 Å². The molecule has 0 spiro atoms. The van der Waals surface area contributed by atoms with Gasteiger partial charge >= 0.3 is 0 Å². The van der Waals surface area contributed by atoms with Gasteiger partial charge in [-0.25, -0.2) is 4.39 Å². The highest BCUT2D eigenvalue weighted by molar-refractivity contribution is 8.03. The molecular weight excluding hydrogens is 407 g/mol. The Labute approximate surface area is 177 Å². The van der Waals surface area contributed by atoms with Crippen molar-refractivity contribution in [3.05, 3.63) is 70.0 Å². The van der Waals surface area contributed by atoms with Crippen molar-refractivity contribution in [1.82, 2.24) is 4.90 Å². The molecule has 1 fully saturated rings. The highest BCUT2D eigenvalue weighted by Gasteiger charge is 2.51. The number of rotatable bonds is 4. The SMILES string of the molecule is COc1ccc(C2CC(=O)N3C(=C2C#N)SCC3(O)c2ccc(F)cc2)cc1OC. The number of fused-ring (bicyclic) bond motifs is 1. The van der Waals surface area contributed by atoms with Crippen LogP contribution in [0.4, 0.5) is 4.39 Å². The van der Waals surface area contributed by atoms with Crippen molar-refractivity contribution >= 4 is 17.7 Å². The van der Waals surface area contributed by atoms with Crippen molar-refractivity contribution in [2.75, 3.05) is 20.0 Å². The van der Waals surface area contributed by atoms with Crippen molar-refractivity contribution in [3.63, 3.8) is 0 Å². The molecule has 2 aromatic carbocycles. The molecule has 2 atom stereocenters. The molecule has 154 valence electrons. The number of carbonyl (C=O) groups excluding carboxylic acids is 1. The normalized spacial score (nSPS) is 23.2. The Morgan fingerprint density at radius 1 is 1.20 bits per heavy atom. The number of hydrogen-bond acceptors (Lipinski definition) is 6. The van der Waals surface area contributed by atoms with E-state index in [9.17, 15) is 19.6 Å². The minimum atomic E-state index is -1.63. The summed E-state index contributed by atoms with van der Waals surface area (Å²) >= 11 is 1.25. The predicted octanol–water partition coefficient (Wildman–Crippen LogP) is 3.49. The lowest BCUT2D eigenvalue weighted by molar-refractivity contribution is -0.149. The number of nitrogens with zero attached hydrogens (tertiary/aromatic N) is 2. The van der Waals surface area contributed by atoms with Crippen LogP contribution in [0.5, 0.6) is 11.5 Å². The van der Waals surface area contributed by atoms with Crippen molar-refractivity contribution in [2.45, 2.75) is 18.1 Å². The summed E-state index contributed by atoms with van der Waals surface area (Å²) in [6.45, 7) is 0. The van der Waals surface area contributed by atoms with Gasteiger partial charge in [-0.3, -0.25) is 9.69 Å². The van der Waals surface area contributed by atoms with E-state index >= 15 is 0 Å². The Hall–Kier alpha value is -3.02. The molecule has 0 aliphatic carbocycles. The van der Waals surface area contributed by atoms with Crippen molar-refractivity contribution in [1.29, 1.82) is 5.26 Å². The minimum Gasteiger partial charge on any atom is -0.493 e. The lowest BCUT2D eigenvalue weighted by atomic mass is 9.85. The molecule has 2 unspecified atom stereocenters. The van der Waals surface area contributed by atoms with E-state index < -0.39 is 17.5 Å². The van der Waals surface area contributed by atoms with Gasteiger partial charge in [-0.15, -0.1) is 11.8 Å².